The van der Waals surface area contributed by atoms with Gasteiger partial charge in [-0.25, -0.2) is 0 Å². The predicted octanol–water partition coefficient (Wildman–Crippen LogP) is 4.79. The summed E-state index contributed by atoms with van der Waals surface area (Å²) in [6, 6.07) is 5.80. The Morgan fingerprint density at radius 2 is 1.65 bits per heavy atom. The molecule has 20 heavy (non-hydrogen) atoms. The highest BCUT2D eigenvalue weighted by Crippen LogP contribution is 2.08. The van der Waals surface area contributed by atoms with Crippen LogP contribution in [0.15, 0.2) is 23.0 Å². The lowest BCUT2D eigenvalue weighted by molar-refractivity contribution is 0.702. The first kappa shape index (κ1) is 18.5. The first-order chi connectivity index (χ1) is 9.60. The summed E-state index contributed by atoms with van der Waals surface area (Å²) in [6.45, 7) is 10.4. The number of H-pyrrole nitrogens is 1. The summed E-state index contributed by atoms with van der Waals surface area (Å²) in [5, 5.41) is 3.72. The lowest BCUT2D eigenvalue weighted by Crippen LogP contribution is -2.11. The molecule has 1 heterocycles. The molecular formula is C17H30N2O. The van der Waals surface area contributed by atoms with Gasteiger partial charge in [-0.3, -0.25) is 14.6 Å². The molecule has 0 aliphatic carbocycles. The Labute approximate surface area is 123 Å². The van der Waals surface area contributed by atoms with Crippen molar-refractivity contribution in [3.05, 3.63) is 34.1 Å². The summed E-state index contributed by atoms with van der Waals surface area (Å²) >= 11 is 0. The molecule has 3 nitrogen and oxygen atoms in total. The Morgan fingerprint density at radius 1 is 1.10 bits per heavy atom. The maximum atomic E-state index is 11.4. The second-order valence-corrected chi connectivity index (χ2v) is 4.73. The predicted molar refractivity (Wildman–Crippen MR) is 89.4 cm³/mol. The molecule has 0 amide bonds. The van der Waals surface area contributed by atoms with Crippen molar-refractivity contribution >= 4 is 10.9 Å². The molecule has 0 bridgehead atoms. The van der Waals surface area contributed by atoms with Gasteiger partial charge in [0, 0.05) is 7.05 Å². The maximum Gasteiger partial charge on any atom is 0.274 e. The minimum atomic E-state index is 0.0358. The first-order valence-corrected chi connectivity index (χ1v) is 7.75. The highest BCUT2D eigenvalue weighted by molar-refractivity contribution is 5.78. The van der Waals surface area contributed by atoms with Gasteiger partial charge in [-0.15, -0.1) is 0 Å². The van der Waals surface area contributed by atoms with Crippen LogP contribution in [0.4, 0.5) is 0 Å². The number of nitrogens with one attached hydrogen (secondary N) is 1. The van der Waals surface area contributed by atoms with Gasteiger partial charge in [0.05, 0.1) is 10.9 Å². The molecule has 0 radical (unpaired) electrons. The van der Waals surface area contributed by atoms with E-state index >= 15 is 0 Å². The van der Waals surface area contributed by atoms with Crippen molar-refractivity contribution in [1.29, 1.82) is 0 Å². The van der Waals surface area contributed by atoms with E-state index in [1.807, 2.05) is 39.0 Å². The number of aromatic amines is 1. The molecule has 0 aliphatic heterocycles. The topological polar surface area (TPSA) is 37.8 Å². The van der Waals surface area contributed by atoms with Crippen LogP contribution in [0.1, 0.15) is 58.9 Å². The quantitative estimate of drug-likeness (QED) is 0.805. The van der Waals surface area contributed by atoms with Crippen LogP contribution in [0.25, 0.3) is 10.9 Å². The van der Waals surface area contributed by atoms with Crippen LogP contribution in [-0.2, 0) is 7.05 Å². The minimum absolute atomic E-state index is 0.0358. The van der Waals surface area contributed by atoms with Gasteiger partial charge in [-0.2, -0.15) is 0 Å². The zero-order valence-electron chi connectivity index (χ0n) is 13.9. The molecule has 2 rings (SSSR count). The Morgan fingerprint density at radius 3 is 2.15 bits per heavy atom. The van der Waals surface area contributed by atoms with E-state index in [1.165, 1.54) is 30.4 Å². The number of benzene rings is 1. The van der Waals surface area contributed by atoms with Crippen LogP contribution < -0.4 is 5.56 Å². The standard InChI is InChI=1S/C9H10N2O.C6H14.C2H6/c1-6-3-4-8-7(5-6)9(12)11(2)10-8;1-3-5-6-4-2;1-2/h3-5,10H,1-2H3;3-6H2,1-2H3;1-2H3. The number of fused-ring (bicyclic) bond motifs is 1. The van der Waals surface area contributed by atoms with Crippen molar-refractivity contribution in [2.45, 2.75) is 60.3 Å². The number of aromatic nitrogens is 2. The fourth-order valence-electron chi connectivity index (χ4n) is 1.84. The zero-order chi connectivity index (χ0) is 15.5. The largest absolute Gasteiger partial charge is 0.295 e. The average molecular weight is 278 g/mol. The Bertz CT molecular complexity index is 533. The van der Waals surface area contributed by atoms with E-state index in [0.29, 0.717) is 0 Å². The number of nitrogens with zero attached hydrogens (tertiary/aromatic N) is 1. The molecule has 1 aromatic heterocycles. The summed E-state index contributed by atoms with van der Waals surface area (Å²) in [4.78, 5) is 11.4. The molecule has 0 saturated heterocycles. The number of unbranched alkanes of at least 4 members (excludes halogenated alkanes) is 3. The molecule has 3 heteroatoms. The molecule has 0 fully saturated rings. The van der Waals surface area contributed by atoms with Crippen LogP contribution in [0.2, 0.25) is 0 Å². The van der Waals surface area contributed by atoms with Crippen molar-refractivity contribution < 1.29 is 0 Å². The molecule has 0 atom stereocenters. The average Bonchev–Trinajstić information content (AvgIpc) is 2.75. The summed E-state index contributed by atoms with van der Waals surface area (Å²) < 4.78 is 1.49. The van der Waals surface area contributed by atoms with E-state index in [2.05, 4.69) is 18.9 Å². The van der Waals surface area contributed by atoms with Crippen molar-refractivity contribution in [3.63, 3.8) is 0 Å². The van der Waals surface area contributed by atoms with Gasteiger partial charge in [0.15, 0.2) is 0 Å². The summed E-state index contributed by atoms with van der Waals surface area (Å²) in [5.41, 5.74) is 2.04. The number of aryl methyl sites for hydroxylation is 2. The fourth-order valence-corrected chi connectivity index (χ4v) is 1.84. The summed E-state index contributed by atoms with van der Waals surface area (Å²) in [6.07, 6.45) is 5.54. The minimum Gasteiger partial charge on any atom is -0.295 e. The van der Waals surface area contributed by atoms with E-state index in [9.17, 15) is 4.79 Å². The van der Waals surface area contributed by atoms with E-state index < -0.39 is 0 Å². The van der Waals surface area contributed by atoms with Crippen molar-refractivity contribution in [2.24, 2.45) is 7.05 Å². The summed E-state index contributed by atoms with van der Waals surface area (Å²) in [7, 11) is 1.72. The van der Waals surface area contributed by atoms with Gasteiger partial charge in [-0.1, -0.05) is 65.0 Å². The Balaban J connectivity index is 0.000000387. The van der Waals surface area contributed by atoms with Crippen LogP contribution in [0.3, 0.4) is 0 Å². The lowest BCUT2D eigenvalue weighted by Gasteiger charge is -1.88. The van der Waals surface area contributed by atoms with Gasteiger partial charge in [-0.05, 0) is 19.1 Å². The second-order valence-electron chi connectivity index (χ2n) is 4.73. The highest BCUT2D eigenvalue weighted by atomic mass is 16.1. The van der Waals surface area contributed by atoms with Crippen molar-refractivity contribution in [3.8, 4) is 0 Å². The van der Waals surface area contributed by atoms with Gasteiger partial charge in [0.25, 0.3) is 5.56 Å². The van der Waals surface area contributed by atoms with E-state index in [0.717, 1.165) is 16.5 Å². The molecule has 0 spiro atoms. The van der Waals surface area contributed by atoms with Crippen LogP contribution in [-0.4, -0.2) is 9.78 Å². The first-order valence-electron chi connectivity index (χ1n) is 7.75. The Hall–Kier alpha value is -1.51. The SMILES string of the molecule is CC.CCCCCC.Cc1ccc2[nH]n(C)c(=O)c2c1. The normalized spacial score (nSPS) is 9.50. The third kappa shape index (κ3) is 5.64. The molecule has 1 N–H and O–H groups in total. The van der Waals surface area contributed by atoms with E-state index in [1.54, 1.807) is 7.05 Å². The third-order valence-corrected chi connectivity index (χ3v) is 2.96. The molecule has 0 aliphatic rings. The van der Waals surface area contributed by atoms with Gasteiger partial charge in [0.2, 0.25) is 0 Å². The monoisotopic (exact) mass is 278 g/mol. The van der Waals surface area contributed by atoms with E-state index in [4.69, 9.17) is 0 Å². The van der Waals surface area contributed by atoms with Gasteiger partial charge < -0.3 is 0 Å². The Kier molecular flexibility index (Phi) is 9.52. The lowest BCUT2D eigenvalue weighted by atomic mass is 10.2. The number of hydrogen-bond acceptors (Lipinski definition) is 1. The molecule has 1 aromatic carbocycles. The maximum absolute atomic E-state index is 11.4. The molecule has 0 unspecified atom stereocenters. The third-order valence-electron chi connectivity index (χ3n) is 2.96. The molecular weight excluding hydrogens is 248 g/mol. The number of rotatable bonds is 3. The highest BCUT2D eigenvalue weighted by Gasteiger charge is 2.01. The number of hydrogen-bond donors (Lipinski definition) is 1. The van der Waals surface area contributed by atoms with Crippen LogP contribution >= 0.6 is 0 Å². The molecule has 0 saturated carbocycles. The smallest absolute Gasteiger partial charge is 0.274 e. The van der Waals surface area contributed by atoms with Crippen LogP contribution in [0, 0.1) is 6.92 Å². The zero-order valence-corrected chi connectivity index (χ0v) is 13.9. The molecule has 114 valence electrons. The second kappa shape index (κ2) is 10.3. The van der Waals surface area contributed by atoms with Gasteiger partial charge in [0.1, 0.15) is 0 Å². The fraction of sp³-hybridized carbons (Fsp3) is 0.588. The van der Waals surface area contributed by atoms with Crippen molar-refractivity contribution in [2.75, 3.05) is 0 Å². The van der Waals surface area contributed by atoms with Gasteiger partial charge >= 0.3 is 0 Å². The van der Waals surface area contributed by atoms with Crippen LogP contribution in [0.5, 0.6) is 0 Å². The summed E-state index contributed by atoms with van der Waals surface area (Å²) in [5.74, 6) is 0. The van der Waals surface area contributed by atoms with Crippen molar-refractivity contribution in [1.82, 2.24) is 9.78 Å². The molecule has 2 aromatic rings. The van der Waals surface area contributed by atoms with E-state index in [-0.39, 0.29) is 5.56 Å².